The predicted octanol–water partition coefficient (Wildman–Crippen LogP) is 2.95. The molecule has 2 saturated heterocycles. The van der Waals surface area contributed by atoms with Gasteiger partial charge in [-0.25, -0.2) is 10.3 Å². The lowest BCUT2D eigenvalue weighted by atomic mass is 10.0. The number of hydrogen-bond acceptors (Lipinski definition) is 9. The molecule has 14 heteroatoms. The highest BCUT2D eigenvalue weighted by molar-refractivity contribution is 7.99. The van der Waals surface area contributed by atoms with Crippen molar-refractivity contribution in [2.24, 2.45) is 0 Å². The van der Waals surface area contributed by atoms with E-state index in [-0.39, 0.29) is 19.6 Å². The topological polar surface area (TPSA) is 130 Å². The van der Waals surface area contributed by atoms with E-state index in [9.17, 15) is 19.6 Å². The highest BCUT2D eigenvalue weighted by Gasteiger charge is 2.37. The van der Waals surface area contributed by atoms with Gasteiger partial charge in [0.05, 0.1) is 19.1 Å². The van der Waals surface area contributed by atoms with Gasteiger partial charge in [0.15, 0.2) is 0 Å². The van der Waals surface area contributed by atoms with Gasteiger partial charge in [0, 0.05) is 47.4 Å². The van der Waals surface area contributed by atoms with E-state index in [4.69, 9.17) is 37.4 Å². The second kappa shape index (κ2) is 15.5. The molecule has 0 aromatic heterocycles. The van der Waals surface area contributed by atoms with E-state index < -0.39 is 30.0 Å². The van der Waals surface area contributed by atoms with Crippen LogP contribution >= 0.6 is 35.0 Å². The van der Waals surface area contributed by atoms with E-state index in [0.29, 0.717) is 58.3 Å². The van der Waals surface area contributed by atoms with E-state index >= 15 is 0 Å². The van der Waals surface area contributed by atoms with Gasteiger partial charge in [-0.2, -0.15) is 0 Å². The molecular formula is C27H32Cl2N4O7S. The smallest absolute Gasteiger partial charge is 0.411 e. The number of hydrogen-bond donors (Lipinski definition) is 3. The number of benzene rings is 2. The molecule has 11 nitrogen and oxygen atoms in total. The molecule has 0 radical (unpaired) electrons. The number of amides is 3. The van der Waals surface area contributed by atoms with Crippen LogP contribution in [0, 0.1) is 0 Å². The maximum Gasteiger partial charge on any atom is 0.411 e. The number of nitrogens with one attached hydrogen (secondary N) is 2. The van der Waals surface area contributed by atoms with Gasteiger partial charge in [-0.3, -0.25) is 24.6 Å². The molecular weight excluding hydrogens is 595 g/mol. The molecule has 4 rings (SSSR count). The van der Waals surface area contributed by atoms with Gasteiger partial charge in [-0.1, -0.05) is 41.4 Å². The van der Waals surface area contributed by atoms with Crippen LogP contribution in [0.3, 0.4) is 0 Å². The first kappa shape index (κ1) is 31.2. The van der Waals surface area contributed by atoms with Gasteiger partial charge in [0.2, 0.25) is 5.91 Å². The molecule has 0 aliphatic carbocycles. The third-order valence-corrected chi connectivity index (χ3v) is 8.43. The Morgan fingerprint density at radius 1 is 1.10 bits per heavy atom. The molecule has 0 saturated carbocycles. The van der Waals surface area contributed by atoms with E-state index in [0.717, 1.165) is 13.1 Å². The quantitative estimate of drug-likeness (QED) is 0.255. The number of hydroxylamine groups is 1. The van der Waals surface area contributed by atoms with Gasteiger partial charge < -0.3 is 19.5 Å². The molecule has 2 aromatic carbocycles. The Bertz CT molecular complexity index is 1180. The third-order valence-electron chi connectivity index (χ3n) is 6.71. The maximum atomic E-state index is 13.1. The van der Waals surface area contributed by atoms with Crippen molar-refractivity contribution in [1.82, 2.24) is 20.6 Å². The minimum Gasteiger partial charge on any atom is -0.489 e. The summed E-state index contributed by atoms with van der Waals surface area (Å²) >= 11 is 13.8. The fourth-order valence-corrected chi connectivity index (χ4v) is 6.00. The molecule has 41 heavy (non-hydrogen) atoms. The minimum absolute atomic E-state index is 0.0958. The Kier molecular flexibility index (Phi) is 11.8. The molecule has 0 unspecified atom stereocenters. The monoisotopic (exact) mass is 626 g/mol. The van der Waals surface area contributed by atoms with Crippen LogP contribution < -0.4 is 15.5 Å². The summed E-state index contributed by atoms with van der Waals surface area (Å²) in [7, 11) is 0. The zero-order chi connectivity index (χ0) is 29.2. The summed E-state index contributed by atoms with van der Waals surface area (Å²) in [4.78, 5) is 41.7. The molecule has 0 bridgehead atoms. The molecule has 2 aliphatic heterocycles. The summed E-state index contributed by atoms with van der Waals surface area (Å²) in [6.07, 6.45) is -0.487. The Morgan fingerprint density at radius 2 is 1.80 bits per heavy atom. The van der Waals surface area contributed by atoms with Gasteiger partial charge >= 0.3 is 6.09 Å². The second-order valence-corrected chi connectivity index (χ2v) is 11.2. The van der Waals surface area contributed by atoms with Crippen molar-refractivity contribution in [3.05, 3.63) is 63.6 Å². The standard InChI is InChI=1S/C27H32Cl2N4O7S/c28-21-2-1-3-22(29)20(21)15-40-19-6-4-18(5-7-19)14-23(25(34)31-37)30-26(35)24-16-41-17-33(24)27(36)39-13-10-32-8-11-38-12-9-32/h1-7,23-24,37H,8-17H2,(H,30,35)(H,31,34)/t23-,24+/m0/s1. The summed E-state index contributed by atoms with van der Waals surface area (Å²) in [5, 5.41) is 13.0. The fourth-order valence-electron chi connectivity index (χ4n) is 4.35. The second-order valence-electron chi connectivity index (χ2n) is 9.43. The SMILES string of the molecule is O=C(NO)[C@H](Cc1ccc(OCc2c(Cl)cccc2Cl)cc1)NC(=O)[C@H]1CSCN1C(=O)OCCN1CCOCC1. The van der Waals surface area contributed by atoms with Gasteiger partial charge in [-0.05, 0) is 29.8 Å². The maximum absolute atomic E-state index is 13.1. The lowest BCUT2D eigenvalue weighted by Crippen LogP contribution is -2.54. The molecule has 2 heterocycles. The van der Waals surface area contributed by atoms with Crippen LogP contribution in [0.25, 0.3) is 0 Å². The number of halogens is 2. The van der Waals surface area contributed by atoms with Crippen LogP contribution in [0.15, 0.2) is 42.5 Å². The molecule has 3 N–H and O–H groups in total. The summed E-state index contributed by atoms with van der Waals surface area (Å²) < 4.78 is 16.5. The Balaban J connectivity index is 1.30. The zero-order valence-corrected chi connectivity index (χ0v) is 24.6. The number of thioether (sulfide) groups is 1. The van der Waals surface area contributed by atoms with Crippen LogP contribution in [0.2, 0.25) is 10.0 Å². The molecule has 2 fully saturated rings. The van der Waals surface area contributed by atoms with Crippen molar-refractivity contribution in [2.45, 2.75) is 25.1 Å². The van der Waals surface area contributed by atoms with Gasteiger partial charge in [0.1, 0.15) is 31.0 Å². The number of carbonyl (C=O) groups excluding carboxylic acids is 3. The molecule has 222 valence electrons. The number of morpholine rings is 1. The van der Waals surface area contributed by atoms with Crippen LogP contribution in [-0.4, -0.2) is 96.1 Å². The van der Waals surface area contributed by atoms with Crippen molar-refractivity contribution in [2.75, 3.05) is 51.1 Å². The molecule has 2 atom stereocenters. The van der Waals surface area contributed by atoms with E-state index in [1.807, 2.05) is 0 Å². The summed E-state index contributed by atoms with van der Waals surface area (Å²) in [6.45, 7) is 3.83. The molecule has 2 aliphatic rings. The van der Waals surface area contributed by atoms with Crippen molar-refractivity contribution < 1.29 is 33.8 Å². The lowest BCUT2D eigenvalue weighted by molar-refractivity contribution is -0.135. The van der Waals surface area contributed by atoms with Crippen molar-refractivity contribution in [3.8, 4) is 5.75 Å². The van der Waals surface area contributed by atoms with Crippen LogP contribution in [0.1, 0.15) is 11.1 Å². The first-order chi connectivity index (χ1) is 19.9. The average Bonchev–Trinajstić information content (AvgIpc) is 3.48. The Hall–Kier alpha value is -2.74. The molecule has 2 aromatic rings. The average molecular weight is 628 g/mol. The molecule has 0 spiro atoms. The first-order valence-corrected chi connectivity index (χ1v) is 15.0. The van der Waals surface area contributed by atoms with Crippen LogP contribution in [0.5, 0.6) is 5.75 Å². The van der Waals surface area contributed by atoms with Crippen LogP contribution in [-0.2, 0) is 32.1 Å². The number of nitrogens with zero attached hydrogens (tertiary/aromatic N) is 2. The third kappa shape index (κ3) is 8.87. The first-order valence-electron chi connectivity index (χ1n) is 13.1. The summed E-state index contributed by atoms with van der Waals surface area (Å²) in [5.74, 6) is -0.0729. The highest BCUT2D eigenvalue weighted by atomic mass is 35.5. The number of carbonyl (C=O) groups is 3. The highest BCUT2D eigenvalue weighted by Crippen LogP contribution is 2.26. The van der Waals surface area contributed by atoms with Crippen molar-refractivity contribution in [1.29, 1.82) is 0 Å². The minimum atomic E-state index is -1.08. The summed E-state index contributed by atoms with van der Waals surface area (Å²) in [5.41, 5.74) is 2.99. The Labute approximate surface area is 252 Å². The van der Waals surface area contributed by atoms with E-state index in [2.05, 4.69) is 10.2 Å². The van der Waals surface area contributed by atoms with Crippen molar-refractivity contribution in [3.63, 3.8) is 0 Å². The van der Waals surface area contributed by atoms with E-state index in [1.165, 1.54) is 16.7 Å². The lowest BCUT2D eigenvalue weighted by Gasteiger charge is -2.27. The largest absolute Gasteiger partial charge is 0.489 e. The number of rotatable bonds is 11. The van der Waals surface area contributed by atoms with Crippen LogP contribution in [0.4, 0.5) is 4.79 Å². The number of ether oxygens (including phenoxy) is 3. The predicted molar refractivity (Wildman–Crippen MR) is 154 cm³/mol. The van der Waals surface area contributed by atoms with Crippen molar-refractivity contribution >= 4 is 52.9 Å². The normalized spacial score (nSPS) is 18.0. The fraction of sp³-hybridized carbons (Fsp3) is 0.444. The molecule has 3 amide bonds. The zero-order valence-electron chi connectivity index (χ0n) is 22.2. The van der Waals surface area contributed by atoms with E-state index in [1.54, 1.807) is 47.9 Å². The van der Waals surface area contributed by atoms with Gasteiger partial charge in [0.25, 0.3) is 5.91 Å². The Morgan fingerprint density at radius 3 is 2.49 bits per heavy atom. The van der Waals surface area contributed by atoms with Gasteiger partial charge in [-0.15, -0.1) is 11.8 Å². The summed E-state index contributed by atoms with van der Waals surface area (Å²) in [6, 6.07) is 10.3.